The first-order valence-corrected chi connectivity index (χ1v) is 4.75. The predicted octanol–water partition coefficient (Wildman–Crippen LogP) is 1.26. The number of benzene rings is 1. The third-order valence-electron chi connectivity index (χ3n) is 2.06. The van der Waals surface area contributed by atoms with Crippen molar-refractivity contribution >= 4 is 11.9 Å². The Hall–Kier alpha value is -2.31. The molecular weight excluding hydrogens is 230 g/mol. The Morgan fingerprint density at radius 2 is 2.24 bits per heavy atom. The second-order valence-corrected chi connectivity index (χ2v) is 3.27. The van der Waals surface area contributed by atoms with E-state index in [0.717, 1.165) is 6.07 Å². The minimum absolute atomic E-state index is 0.0120. The molecule has 2 rings (SSSR count). The number of rotatable bonds is 3. The molecule has 0 saturated carbocycles. The average molecular weight is 238 g/mol. The van der Waals surface area contributed by atoms with E-state index in [1.807, 2.05) is 0 Å². The van der Waals surface area contributed by atoms with Crippen molar-refractivity contribution in [2.75, 3.05) is 5.32 Å². The van der Waals surface area contributed by atoms with Crippen LogP contribution in [0.2, 0.25) is 0 Å². The van der Waals surface area contributed by atoms with Gasteiger partial charge in [0, 0.05) is 5.56 Å². The number of nitrogens with zero attached hydrogens (tertiary/aromatic N) is 2. The van der Waals surface area contributed by atoms with E-state index in [4.69, 9.17) is 0 Å². The number of hydrogen-bond donors (Lipinski definition) is 2. The second-order valence-electron chi connectivity index (χ2n) is 3.27. The first-order chi connectivity index (χ1) is 8.16. The molecule has 5 nitrogen and oxygen atoms in total. The van der Waals surface area contributed by atoms with Crippen LogP contribution in [0, 0.1) is 11.6 Å². The second kappa shape index (κ2) is 4.69. The lowest BCUT2D eigenvalue weighted by Gasteiger charge is -2.03. The molecule has 0 atom stereocenters. The molecule has 7 heteroatoms. The van der Waals surface area contributed by atoms with Gasteiger partial charge in [-0.05, 0) is 6.07 Å². The van der Waals surface area contributed by atoms with Crippen LogP contribution in [0.4, 0.5) is 14.7 Å². The van der Waals surface area contributed by atoms with E-state index >= 15 is 0 Å². The Balaban J connectivity index is 2.06. The van der Waals surface area contributed by atoms with Crippen molar-refractivity contribution in [3.63, 3.8) is 0 Å². The summed E-state index contributed by atoms with van der Waals surface area (Å²) in [5.74, 6) is -2.34. The monoisotopic (exact) mass is 238 g/mol. The van der Waals surface area contributed by atoms with Gasteiger partial charge in [-0.1, -0.05) is 12.1 Å². The van der Waals surface area contributed by atoms with Crippen LogP contribution in [0.3, 0.4) is 0 Å². The largest absolute Gasteiger partial charge is 0.295 e. The van der Waals surface area contributed by atoms with Crippen LogP contribution < -0.4 is 5.32 Å². The molecule has 0 aliphatic carbocycles. The molecular formula is C10H8F2N4O. The molecule has 1 aromatic heterocycles. The Bertz CT molecular complexity index is 527. The number of carbonyl (C=O) groups is 1. The maximum atomic E-state index is 13.2. The van der Waals surface area contributed by atoms with Crippen LogP contribution in [-0.4, -0.2) is 21.1 Å². The van der Waals surface area contributed by atoms with Gasteiger partial charge in [-0.3, -0.25) is 10.1 Å². The van der Waals surface area contributed by atoms with Gasteiger partial charge in [-0.25, -0.2) is 13.9 Å². The van der Waals surface area contributed by atoms with E-state index in [2.05, 4.69) is 20.5 Å². The quantitative estimate of drug-likeness (QED) is 0.845. The summed E-state index contributed by atoms with van der Waals surface area (Å²) in [5, 5.41) is 8.31. The smallest absolute Gasteiger partial charge is 0.231 e. The lowest BCUT2D eigenvalue weighted by molar-refractivity contribution is -0.115. The number of aromatic amines is 1. The third-order valence-corrected chi connectivity index (χ3v) is 2.06. The maximum absolute atomic E-state index is 13.2. The van der Waals surface area contributed by atoms with E-state index in [9.17, 15) is 13.6 Å². The van der Waals surface area contributed by atoms with Crippen LogP contribution in [0.5, 0.6) is 0 Å². The Morgan fingerprint density at radius 1 is 1.41 bits per heavy atom. The molecule has 0 spiro atoms. The summed E-state index contributed by atoms with van der Waals surface area (Å²) in [6, 6.07) is 3.68. The number of halogens is 2. The lowest BCUT2D eigenvalue weighted by Crippen LogP contribution is -2.16. The van der Waals surface area contributed by atoms with E-state index in [1.54, 1.807) is 0 Å². The zero-order valence-corrected chi connectivity index (χ0v) is 8.58. The van der Waals surface area contributed by atoms with Crippen LogP contribution in [0.25, 0.3) is 0 Å². The Kier molecular flexibility index (Phi) is 3.08. The van der Waals surface area contributed by atoms with Gasteiger partial charge in [0.05, 0.1) is 6.42 Å². The van der Waals surface area contributed by atoms with Gasteiger partial charge in [-0.2, -0.15) is 10.1 Å². The zero-order valence-electron chi connectivity index (χ0n) is 8.58. The number of hydrogen-bond acceptors (Lipinski definition) is 3. The number of nitrogens with one attached hydrogen (secondary N) is 2. The molecule has 0 fully saturated rings. The van der Waals surface area contributed by atoms with Crippen molar-refractivity contribution in [1.82, 2.24) is 15.2 Å². The van der Waals surface area contributed by atoms with Gasteiger partial charge in [0.25, 0.3) is 0 Å². The highest BCUT2D eigenvalue weighted by molar-refractivity contribution is 5.90. The fourth-order valence-electron chi connectivity index (χ4n) is 1.30. The highest BCUT2D eigenvalue weighted by Gasteiger charge is 2.12. The molecule has 88 valence electrons. The van der Waals surface area contributed by atoms with Gasteiger partial charge in [-0.15, -0.1) is 0 Å². The molecule has 0 bridgehead atoms. The van der Waals surface area contributed by atoms with Gasteiger partial charge >= 0.3 is 0 Å². The fraction of sp³-hybridized carbons (Fsp3) is 0.100. The normalized spacial score (nSPS) is 10.2. The number of amides is 1. The predicted molar refractivity (Wildman–Crippen MR) is 55.1 cm³/mol. The molecule has 1 amide bonds. The third kappa shape index (κ3) is 2.63. The first-order valence-electron chi connectivity index (χ1n) is 4.75. The lowest BCUT2D eigenvalue weighted by atomic mass is 10.1. The Morgan fingerprint density at radius 3 is 2.94 bits per heavy atom. The first kappa shape index (κ1) is 11.2. The van der Waals surface area contributed by atoms with Gasteiger partial charge in [0.1, 0.15) is 6.33 Å². The van der Waals surface area contributed by atoms with Crippen LogP contribution in [0.15, 0.2) is 24.5 Å². The average Bonchev–Trinajstić information content (AvgIpc) is 2.77. The molecule has 17 heavy (non-hydrogen) atoms. The van der Waals surface area contributed by atoms with Gasteiger partial charge in [0.15, 0.2) is 11.6 Å². The zero-order chi connectivity index (χ0) is 12.3. The van der Waals surface area contributed by atoms with E-state index in [0.29, 0.717) is 0 Å². The molecule has 2 N–H and O–H groups in total. The molecule has 1 heterocycles. The van der Waals surface area contributed by atoms with Crippen molar-refractivity contribution in [1.29, 1.82) is 0 Å². The fourth-order valence-corrected chi connectivity index (χ4v) is 1.30. The number of aromatic nitrogens is 3. The van der Waals surface area contributed by atoms with Crippen LogP contribution in [-0.2, 0) is 11.2 Å². The molecule has 0 unspecified atom stereocenters. The Labute approximate surface area is 94.9 Å². The van der Waals surface area contributed by atoms with Crippen molar-refractivity contribution in [2.24, 2.45) is 0 Å². The summed E-state index contributed by atoms with van der Waals surface area (Å²) in [5.41, 5.74) is -0.0120. The van der Waals surface area contributed by atoms with Crippen LogP contribution >= 0.6 is 0 Å². The minimum Gasteiger partial charge on any atom is -0.295 e. The summed E-state index contributed by atoms with van der Waals surface area (Å²) in [6.45, 7) is 0. The van der Waals surface area contributed by atoms with E-state index in [1.165, 1.54) is 18.5 Å². The standard InChI is InChI=1S/C10H8F2N4O/c11-7-3-1-2-6(9(7)12)4-8(17)15-10-13-5-14-16-10/h1-3,5H,4H2,(H2,13,14,15,16,17). The van der Waals surface area contributed by atoms with E-state index < -0.39 is 17.5 Å². The van der Waals surface area contributed by atoms with Gasteiger partial charge < -0.3 is 0 Å². The van der Waals surface area contributed by atoms with Crippen molar-refractivity contribution in [3.05, 3.63) is 41.7 Å². The highest BCUT2D eigenvalue weighted by atomic mass is 19.2. The topological polar surface area (TPSA) is 70.7 Å². The highest BCUT2D eigenvalue weighted by Crippen LogP contribution is 2.12. The molecule has 0 radical (unpaired) electrons. The summed E-state index contributed by atoms with van der Waals surface area (Å²) < 4.78 is 26.1. The number of H-pyrrole nitrogens is 1. The minimum atomic E-state index is -1.01. The van der Waals surface area contributed by atoms with Crippen molar-refractivity contribution < 1.29 is 13.6 Å². The summed E-state index contributed by atoms with van der Waals surface area (Å²) in [4.78, 5) is 15.1. The van der Waals surface area contributed by atoms with E-state index in [-0.39, 0.29) is 17.9 Å². The SMILES string of the molecule is O=C(Cc1cccc(F)c1F)Nc1ncn[nH]1. The van der Waals surface area contributed by atoms with Gasteiger partial charge in [0.2, 0.25) is 11.9 Å². The number of carbonyl (C=O) groups excluding carboxylic acids is 1. The van der Waals surface area contributed by atoms with Crippen molar-refractivity contribution in [2.45, 2.75) is 6.42 Å². The number of anilines is 1. The molecule has 2 aromatic rings. The van der Waals surface area contributed by atoms with Crippen LogP contribution in [0.1, 0.15) is 5.56 Å². The maximum Gasteiger partial charge on any atom is 0.231 e. The summed E-state index contributed by atoms with van der Waals surface area (Å²) >= 11 is 0. The molecule has 0 aliphatic rings. The summed E-state index contributed by atoms with van der Waals surface area (Å²) in [7, 11) is 0. The molecule has 0 aliphatic heterocycles. The molecule has 0 saturated heterocycles. The molecule has 1 aromatic carbocycles. The van der Waals surface area contributed by atoms with Crippen molar-refractivity contribution in [3.8, 4) is 0 Å². The summed E-state index contributed by atoms with van der Waals surface area (Å²) in [6.07, 6.45) is 0.947.